The largest absolute Gasteiger partial charge is 0.309 e. The molecule has 0 saturated carbocycles. The summed E-state index contributed by atoms with van der Waals surface area (Å²) in [6.07, 6.45) is 0. The van der Waals surface area contributed by atoms with Gasteiger partial charge in [-0.2, -0.15) is 0 Å². The average molecular weight is 956 g/mol. The Morgan fingerprint density at radius 1 is 0.253 bits per heavy atom. The lowest BCUT2D eigenvalue weighted by atomic mass is 9.67. The molecule has 0 N–H and O–H groups in total. The predicted molar refractivity (Wildman–Crippen MR) is 308 cm³/mol. The normalized spacial score (nSPS) is 12.6. The van der Waals surface area contributed by atoms with Crippen LogP contribution in [-0.2, 0) is 5.41 Å². The number of nitrogens with zero attached hydrogens (tertiary/aromatic N) is 5. The van der Waals surface area contributed by atoms with E-state index in [-0.39, 0.29) is 0 Å². The first kappa shape index (κ1) is 42.7. The van der Waals surface area contributed by atoms with Crippen LogP contribution in [0.1, 0.15) is 22.3 Å². The molecule has 14 aromatic rings. The molecule has 3 aromatic heterocycles. The maximum Gasteiger partial charge on any atom is 0.164 e. The van der Waals surface area contributed by atoms with E-state index in [4.69, 9.17) is 15.0 Å². The second-order valence-electron chi connectivity index (χ2n) is 19.5. The molecule has 0 amide bonds. The fourth-order valence-corrected chi connectivity index (χ4v) is 12.1. The van der Waals surface area contributed by atoms with E-state index in [0.717, 1.165) is 39.1 Å². The summed E-state index contributed by atoms with van der Waals surface area (Å²) in [5.41, 5.74) is 18.8. The summed E-state index contributed by atoms with van der Waals surface area (Å²) in [7, 11) is 0. The Hall–Kier alpha value is -9.97. The molecule has 0 atom stereocenters. The summed E-state index contributed by atoms with van der Waals surface area (Å²) in [6.45, 7) is 0. The Kier molecular flexibility index (Phi) is 9.72. The van der Waals surface area contributed by atoms with Gasteiger partial charge in [0.1, 0.15) is 0 Å². The van der Waals surface area contributed by atoms with Gasteiger partial charge in [0.05, 0.1) is 27.5 Å². The third kappa shape index (κ3) is 6.68. The first-order valence-electron chi connectivity index (χ1n) is 25.6. The predicted octanol–water partition coefficient (Wildman–Crippen LogP) is 17.1. The number of para-hydroxylation sites is 3. The van der Waals surface area contributed by atoms with E-state index < -0.39 is 5.41 Å². The summed E-state index contributed by atoms with van der Waals surface area (Å²) < 4.78 is 4.81. The summed E-state index contributed by atoms with van der Waals surface area (Å²) >= 11 is 0. The van der Waals surface area contributed by atoms with Crippen molar-refractivity contribution < 1.29 is 0 Å². The van der Waals surface area contributed by atoms with Crippen molar-refractivity contribution in [2.24, 2.45) is 0 Å². The third-order valence-electron chi connectivity index (χ3n) is 15.5. The van der Waals surface area contributed by atoms with Crippen LogP contribution >= 0.6 is 0 Å². The van der Waals surface area contributed by atoms with E-state index in [9.17, 15) is 0 Å². The lowest BCUT2D eigenvalue weighted by Crippen LogP contribution is -2.28. The van der Waals surface area contributed by atoms with Crippen LogP contribution in [0.2, 0.25) is 0 Å². The van der Waals surface area contributed by atoms with Gasteiger partial charge in [0, 0.05) is 49.6 Å². The molecule has 5 nitrogen and oxygen atoms in total. The first-order valence-corrected chi connectivity index (χ1v) is 25.6. The number of hydrogen-bond donors (Lipinski definition) is 0. The minimum atomic E-state index is -0.653. The highest BCUT2D eigenvalue weighted by molar-refractivity contribution is 6.13. The van der Waals surface area contributed by atoms with Crippen molar-refractivity contribution in [1.82, 2.24) is 24.1 Å². The van der Waals surface area contributed by atoms with Crippen molar-refractivity contribution in [2.75, 3.05) is 0 Å². The molecule has 1 aliphatic rings. The van der Waals surface area contributed by atoms with Crippen LogP contribution in [-0.4, -0.2) is 24.1 Å². The van der Waals surface area contributed by atoms with Crippen molar-refractivity contribution in [3.8, 4) is 67.8 Å². The number of rotatable bonds is 8. The molecule has 11 aromatic carbocycles. The van der Waals surface area contributed by atoms with Crippen molar-refractivity contribution in [1.29, 1.82) is 0 Å². The maximum atomic E-state index is 5.11. The van der Waals surface area contributed by atoms with Crippen LogP contribution in [0, 0.1) is 0 Å². The summed E-state index contributed by atoms with van der Waals surface area (Å²) in [5, 5.41) is 4.86. The fraction of sp³-hybridized carbons (Fsp3) is 0.0143. The molecular weight excluding hydrogens is 911 g/mol. The molecule has 0 fully saturated rings. The summed E-state index contributed by atoms with van der Waals surface area (Å²) in [4.78, 5) is 15.2. The van der Waals surface area contributed by atoms with Crippen molar-refractivity contribution in [2.45, 2.75) is 5.41 Å². The van der Waals surface area contributed by atoms with Crippen LogP contribution < -0.4 is 0 Å². The van der Waals surface area contributed by atoms with Gasteiger partial charge in [-0.25, -0.2) is 15.0 Å². The van der Waals surface area contributed by atoms with E-state index in [1.54, 1.807) is 0 Å². The molecule has 75 heavy (non-hydrogen) atoms. The smallest absolute Gasteiger partial charge is 0.164 e. The molecule has 0 unspecified atom stereocenters. The van der Waals surface area contributed by atoms with E-state index in [1.807, 2.05) is 36.4 Å². The zero-order chi connectivity index (χ0) is 49.5. The summed E-state index contributed by atoms with van der Waals surface area (Å²) in [6, 6.07) is 98.6. The molecule has 0 saturated heterocycles. The Morgan fingerprint density at radius 2 is 0.613 bits per heavy atom. The van der Waals surface area contributed by atoms with Gasteiger partial charge in [-0.3, -0.25) is 0 Å². The molecule has 0 aliphatic heterocycles. The second kappa shape index (κ2) is 17.1. The molecule has 3 heterocycles. The molecule has 0 bridgehead atoms. The third-order valence-corrected chi connectivity index (χ3v) is 15.5. The van der Waals surface area contributed by atoms with E-state index in [0.29, 0.717) is 17.5 Å². The van der Waals surface area contributed by atoms with Gasteiger partial charge in [-0.05, 0) is 111 Å². The molecule has 15 rings (SSSR count). The highest BCUT2D eigenvalue weighted by Crippen LogP contribution is 2.57. The number of fused-ring (bicyclic) bond motifs is 9. The zero-order valence-corrected chi connectivity index (χ0v) is 40.7. The quantitative estimate of drug-likeness (QED) is 0.152. The molecular formula is C70H45N5. The monoisotopic (exact) mass is 955 g/mol. The molecule has 350 valence electrons. The minimum absolute atomic E-state index is 0.627. The first-order chi connectivity index (χ1) is 37.2. The van der Waals surface area contributed by atoms with Gasteiger partial charge in [-0.15, -0.1) is 0 Å². The maximum absolute atomic E-state index is 5.11. The molecule has 0 spiro atoms. The Labute approximate surface area is 434 Å². The van der Waals surface area contributed by atoms with Crippen molar-refractivity contribution in [3.05, 3.63) is 295 Å². The van der Waals surface area contributed by atoms with Crippen molar-refractivity contribution in [3.63, 3.8) is 0 Å². The highest BCUT2D eigenvalue weighted by Gasteiger charge is 2.46. The van der Waals surface area contributed by atoms with E-state index >= 15 is 0 Å². The van der Waals surface area contributed by atoms with Crippen LogP contribution in [0.3, 0.4) is 0 Å². The van der Waals surface area contributed by atoms with Gasteiger partial charge < -0.3 is 9.13 Å². The number of benzene rings is 11. The number of hydrogen-bond acceptors (Lipinski definition) is 3. The standard InChI is InChI=1S/C70H45N5/c1-5-19-46(20-6-1)67-71-68(47-21-7-2-8-22-47)73-69(72-67)48-33-37-51(38-34-48)70(61-30-16-13-27-55(61)56-28-14-17-31-62(56)70)52-39-42-66-60(45-52)59-44-50(36-41-65(59)75(66)54-25-11-4-12-26-54)49-35-40-64-58(43-49)57-29-15-18-32-63(57)74(64)53-23-9-3-10-24-53/h1-45H. The second-order valence-corrected chi connectivity index (χ2v) is 19.5. The number of aromatic nitrogens is 5. The van der Waals surface area contributed by atoms with Gasteiger partial charge in [0.2, 0.25) is 0 Å². The Bertz CT molecular complexity index is 4400. The summed E-state index contributed by atoms with van der Waals surface area (Å²) in [5.74, 6) is 1.91. The van der Waals surface area contributed by atoms with E-state index in [1.165, 1.54) is 77.1 Å². The molecule has 5 heteroatoms. The fourth-order valence-electron chi connectivity index (χ4n) is 12.1. The molecule has 1 aliphatic carbocycles. The Balaban J connectivity index is 0.935. The van der Waals surface area contributed by atoms with Crippen molar-refractivity contribution >= 4 is 43.6 Å². The minimum Gasteiger partial charge on any atom is -0.309 e. The molecule has 0 radical (unpaired) electrons. The highest BCUT2D eigenvalue weighted by atomic mass is 15.0. The van der Waals surface area contributed by atoms with Crippen LogP contribution in [0.4, 0.5) is 0 Å². The van der Waals surface area contributed by atoms with E-state index in [2.05, 4.69) is 246 Å². The zero-order valence-electron chi connectivity index (χ0n) is 40.7. The van der Waals surface area contributed by atoms with Gasteiger partial charge in [-0.1, -0.05) is 206 Å². The topological polar surface area (TPSA) is 48.5 Å². The van der Waals surface area contributed by atoms with Crippen LogP contribution in [0.5, 0.6) is 0 Å². The SMILES string of the molecule is c1ccc(-c2nc(-c3ccccc3)nc(-c3ccc(C4(c5ccc6c(c5)c5cc(-c7ccc8c(c7)c7ccccc7n8-c7ccccc7)ccc5n6-c5ccccc5)c5ccccc5-c5ccccc54)cc3)n2)cc1. The van der Waals surface area contributed by atoms with Gasteiger partial charge >= 0.3 is 0 Å². The van der Waals surface area contributed by atoms with Crippen LogP contribution in [0.15, 0.2) is 273 Å². The average Bonchev–Trinajstić information content (AvgIpc) is 4.12. The lowest BCUT2D eigenvalue weighted by Gasteiger charge is -2.34. The van der Waals surface area contributed by atoms with Gasteiger partial charge in [0.25, 0.3) is 0 Å². The van der Waals surface area contributed by atoms with Crippen LogP contribution in [0.25, 0.3) is 111 Å². The Morgan fingerprint density at radius 3 is 1.13 bits per heavy atom. The lowest BCUT2D eigenvalue weighted by molar-refractivity contribution is 0.770. The van der Waals surface area contributed by atoms with Gasteiger partial charge in [0.15, 0.2) is 17.5 Å².